The summed E-state index contributed by atoms with van der Waals surface area (Å²) in [5.41, 5.74) is -0.380. The topological polar surface area (TPSA) is 90.3 Å². The van der Waals surface area contributed by atoms with E-state index in [2.05, 4.69) is 28.4 Å². The lowest BCUT2D eigenvalue weighted by atomic mass is 9.85. The number of aryl methyl sites for hydroxylation is 1. The highest BCUT2D eigenvalue weighted by Gasteiger charge is 2.42. The van der Waals surface area contributed by atoms with Gasteiger partial charge in [0.2, 0.25) is 0 Å². The summed E-state index contributed by atoms with van der Waals surface area (Å²) in [5, 5.41) is 25.8. The zero-order valence-electron chi connectivity index (χ0n) is 11.8. The molecule has 1 saturated carbocycles. The minimum Gasteiger partial charge on any atom is -0.299 e. The van der Waals surface area contributed by atoms with Crippen LogP contribution in [0, 0.1) is 28.6 Å². The first kappa shape index (κ1) is 14.5. The van der Waals surface area contributed by atoms with Crippen LogP contribution in [0.3, 0.4) is 0 Å². The molecular formula is C14H20N6. The lowest BCUT2D eigenvalue weighted by Crippen LogP contribution is -2.47. The van der Waals surface area contributed by atoms with Crippen LogP contribution in [0.4, 0.5) is 0 Å². The van der Waals surface area contributed by atoms with Gasteiger partial charge in [0.1, 0.15) is 17.9 Å². The van der Waals surface area contributed by atoms with E-state index in [1.165, 1.54) is 0 Å². The Morgan fingerprint density at radius 3 is 3.05 bits per heavy atom. The van der Waals surface area contributed by atoms with Crippen molar-refractivity contribution in [1.82, 2.24) is 20.1 Å². The third-order valence-electron chi connectivity index (χ3n) is 4.05. The molecule has 0 bridgehead atoms. The summed E-state index contributed by atoms with van der Waals surface area (Å²) in [7, 11) is 0. The smallest absolute Gasteiger partial charge is 0.252 e. The molecule has 106 valence electrons. The van der Waals surface area contributed by atoms with E-state index in [1.807, 2.05) is 6.07 Å². The van der Waals surface area contributed by atoms with Crippen molar-refractivity contribution < 1.29 is 0 Å². The van der Waals surface area contributed by atoms with E-state index in [0.717, 1.165) is 38.6 Å². The molecule has 1 fully saturated rings. The van der Waals surface area contributed by atoms with Gasteiger partial charge in [-0.15, -0.1) is 5.10 Å². The molecule has 1 aliphatic rings. The number of aromatic nitrogens is 3. The quantitative estimate of drug-likeness (QED) is 0.849. The molecule has 6 nitrogen and oxygen atoms in total. The minimum absolute atomic E-state index is 0.201. The molecule has 6 heteroatoms. The van der Waals surface area contributed by atoms with E-state index < -0.39 is 0 Å². The van der Waals surface area contributed by atoms with Crippen molar-refractivity contribution in [3.63, 3.8) is 0 Å². The molecular weight excluding hydrogens is 252 g/mol. The molecule has 1 N–H and O–H groups in total. The largest absolute Gasteiger partial charge is 0.299 e. The van der Waals surface area contributed by atoms with Crippen molar-refractivity contribution in [3.05, 3.63) is 12.2 Å². The number of nitrogens with zero attached hydrogens (tertiary/aromatic N) is 5. The Labute approximate surface area is 119 Å². The molecule has 0 amide bonds. The molecule has 2 rings (SSSR count). The molecule has 1 aromatic heterocycles. The molecule has 2 atom stereocenters. The molecule has 1 aromatic rings. The van der Waals surface area contributed by atoms with Gasteiger partial charge >= 0.3 is 0 Å². The van der Waals surface area contributed by atoms with Crippen molar-refractivity contribution in [3.8, 4) is 12.1 Å². The molecule has 0 saturated heterocycles. The Morgan fingerprint density at radius 2 is 2.40 bits per heavy atom. The Kier molecular flexibility index (Phi) is 4.70. The number of hydrogen-bond donors (Lipinski definition) is 1. The summed E-state index contributed by atoms with van der Waals surface area (Å²) in [5.74, 6) is 0.542. The highest BCUT2D eigenvalue weighted by Crippen LogP contribution is 2.37. The molecule has 0 radical (unpaired) electrons. The van der Waals surface area contributed by atoms with Gasteiger partial charge in [0.25, 0.3) is 5.82 Å². The first-order chi connectivity index (χ1) is 9.74. The van der Waals surface area contributed by atoms with Crippen LogP contribution in [0.5, 0.6) is 0 Å². The maximum atomic E-state index is 9.56. The van der Waals surface area contributed by atoms with Crippen molar-refractivity contribution in [2.75, 3.05) is 6.54 Å². The van der Waals surface area contributed by atoms with E-state index in [9.17, 15) is 5.26 Å². The lowest BCUT2D eigenvalue weighted by molar-refractivity contribution is 0.287. The average Bonchev–Trinajstić information content (AvgIpc) is 3.10. The van der Waals surface area contributed by atoms with Gasteiger partial charge in [-0.05, 0) is 38.1 Å². The number of nitrogens with one attached hydrogen (secondary N) is 1. The summed E-state index contributed by atoms with van der Waals surface area (Å²) in [6.07, 6.45) is 6.60. The maximum Gasteiger partial charge on any atom is 0.252 e. The zero-order valence-corrected chi connectivity index (χ0v) is 11.8. The van der Waals surface area contributed by atoms with Gasteiger partial charge in [0.15, 0.2) is 0 Å². The van der Waals surface area contributed by atoms with Gasteiger partial charge in [-0.3, -0.25) is 10.00 Å². The summed E-state index contributed by atoms with van der Waals surface area (Å²) < 4.78 is 1.69. The standard InChI is InChI=1S/C14H20N6/c1-2-7-18-14(10-16)6-3-4-12(14)5-8-20-11-17-13(9-15)19-20/h11-12,18H,2-8H2,1H3. The van der Waals surface area contributed by atoms with Crippen molar-refractivity contribution in [2.45, 2.75) is 51.1 Å². The Balaban J connectivity index is 1.97. The number of hydrogen-bond acceptors (Lipinski definition) is 5. The number of nitriles is 2. The van der Waals surface area contributed by atoms with Gasteiger partial charge in [-0.1, -0.05) is 13.3 Å². The SMILES string of the molecule is CCCNC1(C#N)CCCC1CCn1cnc(C#N)n1. The van der Waals surface area contributed by atoms with Crippen molar-refractivity contribution in [1.29, 1.82) is 10.5 Å². The number of rotatable bonds is 6. The third kappa shape index (κ3) is 2.97. The van der Waals surface area contributed by atoms with Crippen LogP contribution in [-0.4, -0.2) is 26.8 Å². The summed E-state index contributed by atoms with van der Waals surface area (Å²) >= 11 is 0. The van der Waals surface area contributed by atoms with Gasteiger partial charge in [-0.25, -0.2) is 4.98 Å². The third-order valence-corrected chi connectivity index (χ3v) is 4.05. The molecule has 20 heavy (non-hydrogen) atoms. The predicted octanol–water partition coefficient (Wildman–Crippen LogP) is 1.60. The lowest BCUT2D eigenvalue weighted by Gasteiger charge is -2.29. The molecule has 0 aromatic carbocycles. The minimum atomic E-state index is -0.380. The van der Waals surface area contributed by atoms with E-state index in [4.69, 9.17) is 5.26 Å². The maximum absolute atomic E-state index is 9.56. The Hall–Kier alpha value is -1.92. The van der Waals surface area contributed by atoms with Crippen LogP contribution in [0.2, 0.25) is 0 Å². The monoisotopic (exact) mass is 272 g/mol. The summed E-state index contributed by atoms with van der Waals surface area (Å²) in [6.45, 7) is 3.70. The van der Waals surface area contributed by atoms with Gasteiger partial charge < -0.3 is 0 Å². The normalized spacial score (nSPS) is 25.2. The van der Waals surface area contributed by atoms with Gasteiger partial charge in [-0.2, -0.15) is 10.5 Å². The average molecular weight is 272 g/mol. The Bertz CT molecular complexity index is 523. The Morgan fingerprint density at radius 1 is 1.55 bits per heavy atom. The van der Waals surface area contributed by atoms with Gasteiger partial charge in [0, 0.05) is 6.54 Å². The first-order valence-electron chi connectivity index (χ1n) is 7.20. The van der Waals surface area contributed by atoms with Crippen LogP contribution in [-0.2, 0) is 6.54 Å². The second-order valence-electron chi connectivity index (χ2n) is 5.33. The molecule has 0 aliphatic heterocycles. The molecule has 2 unspecified atom stereocenters. The first-order valence-corrected chi connectivity index (χ1v) is 7.20. The van der Waals surface area contributed by atoms with Crippen LogP contribution in [0.25, 0.3) is 0 Å². The fourth-order valence-corrected chi connectivity index (χ4v) is 2.98. The van der Waals surface area contributed by atoms with Gasteiger partial charge in [0.05, 0.1) is 6.07 Å². The van der Waals surface area contributed by atoms with Crippen LogP contribution in [0.1, 0.15) is 44.9 Å². The predicted molar refractivity (Wildman–Crippen MR) is 73.3 cm³/mol. The summed E-state index contributed by atoms with van der Waals surface area (Å²) in [4.78, 5) is 3.90. The van der Waals surface area contributed by atoms with E-state index in [0.29, 0.717) is 12.5 Å². The molecule has 1 heterocycles. The van der Waals surface area contributed by atoms with Crippen molar-refractivity contribution in [2.24, 2.45) is 5.92 Å². The highest BCUT2D eigenvalue weighted by molar-refractivity contribution is 5.14. The zero-order chi connectivity index (χ0) is 14.4. The van der Waals surface area contributed by atoms with E-state index >= 15 is 0 Å². The van der Waals surface area contributed by atoms with Crippen LogP contribution < -0.4 is 5.32 Å². The molecule has 0 spiro atoms. The second-order valence-corrected chi connectivity index (χ2v) is 5.33. The second kappa shape index (κ2) is 6.49. The molecule has 1 aliphatic carbocycles. The summed E-state index contributed by atoms with van der Waals surface area (Å²) in [6, 6.07) is 4.43. The fraction of sp³-hybridized carbons (Fsp3) is 0.714. The van der Waals surface area contributed by atoms with Crippen molar-refractivity contribution >= 4 is 0 Å². The van der Waals surface area contributed by atoms with Crippen LogP contribution in [0.15, 0.2) is 6.33 Å². The fourth-order valence-electron chi connectivity index (χ4n) is 2.98. The highest BCUT2D eigenvalue weighted by atomic mass is 15.3. The van der Waals surface area contributed by atoms with Crippen LogP contribution >= 0.6 is 0 Å². The van der Waals surface area contributed by atoms with E-state index in [-0.39, 0.29) is 11.4 Å². The van der Waals surface area contributed by atoms with E-state index in [1.54, 1.807) is 11.0 Å².